The quantitative estimate of drug-likeness (QED) is 0.108. The van der Waals surface area contributed by atoms with Crippen LogP contribution in [0.2, 0.25) is 0 Å². The molecule has 4 heteroatoms. The fourth-order valence-corrected chi connectivity index (χ4v) is 9.71. The van der Waals surface area contributed by atoms with E-state index in [1.54, 1.807) is 0 Å². The third-order valence-corrected chi connectivity index (χ3v) is 12.9. The lowest BCUT2D eigenvalue weighted by atomic mass is 9.89. The van der Waals surface area contributed by atoms with Crippen molar-refractivity contribution in [1.29, 1.82) is 0 Å². The van der Waals surface area contributed by atoms with Crippen molar-refractivity contribution in [1.82, 2.24) is 9.55 Å². The van der Waals surface area contributed by atoms with Crippen molar-refractivity contribution in [2.45, 2.75) is 70.8 Å². The van der Waals surface area contributed by atoms with E-state index in [1.165, 1.54) is 68.3 Å². The molecule has 1 aliphatic heterocycles. The number of hydrogen-bond donors (Lipinski definition) is 0. The molecule has 296 valence electrons. The predicted octanol–water partition coefficient (Wildman–Crippen LogP) is 14.7. The van der Waals surface area contributed by atoms with E-state index in [0.717, 1.165) is 60.0 Å². The predicted molar refractivity (Wildman–Crippen MR) is 255 cm³/mol. The molecule has 0 N–H and O–H groups in total. The van der Waals surface area contributed by atoms with Crippen LogP contribution in [0.25, 0.3) is 55.3 Å². The number of pyridine rings is 1. The first-order chi connectivity index (χ1) is 29.6. The summed E-state index contributed by atoms with van der Waals surface area (Å²) < 4.78 is 2.44. The first-order valence-electron chi connectivity index (χ1n) is 21.9. The monoisotopic (exact) mass is 780 g/mol. The van der Waals surface area contributed by atoms with Crippen molar-refractivity contribution in [3.63, 3.8) is 0 Å². The first kappa shape index (κ1) is 37.7. The van der Waals surface area contributed by atoms with Crippen LogP contribution in [0.15, 0.2) is 187 Å². The molecule has 3 atom stereocenters. The van der Waals surface area contributed by atoms with E-state index in [2.05, 4.69) is 173 Å². The van der Waals surface area contributed by atoms with Crippen molar-refractivity contribution in [3.8, 4) is 27.9 Å². The standard InChI is InChI=1S/C56H52N4/c1-3-57-32-31-51-34-46-17-11-12-18-54(46)59(51)49-25-19-42(20-26-49)47-33-48(38-58-37-47)43-21-27-50(28-22-43)60-55-29-23-44(39(2)40-13-9-6-10-14-40)35-52(55)53-36-45(24-30-56(53)60)41-15-7-4-5-8-16-41/h3,7,9,12-16,18-39,46,54H,4-6,8,10-11,17H2,1-2H3/b32-31-,57-3-. The molecule has 10 rings (SSSR count). The fraction of sp³-hybridized carbons (Fsp3) is 0.214. The first-order valence-corrected chi connectivity index (χ1v) is 21.9. The van der Waals surface area contributed by atoms with E-state index >= 15 is 0 Å². The van der Waals surface area contributed by atoms with Gasteiger partial charge in [0, 0.05) is 75.6 Å². The van der Waals surface area contributed by atoms with E-state index in [9.17, 15) is 0 Å². The number of nitrogens with zero attached hydrogens (tertiary/aromatic N) is 4. The van der Waals surface area contributed by atoms with Crippen molar-refractivity contribution in [2.75, 3.05) is 4.90 Å². The van der Waals surface area contributed by atoms with E-state index in [-0.39, 0.29) is 0 Å². The Morgan fingerprint density at radius 2 is 1.42 bits per heavy atom. The number of allylic oxidation sites excluding steroid dienone is 10. The van der Waals surface area contributed by atoms with E-state index in [1.807, 2.05) is 31.7 Å². The van der Waals surface area contributed by atoms with Crippen LogP contribution in [0, 0.1) is 5.92 Å². The van der Waals surface area contributed by atoms with Gasteiger partial charge in [-0.2, -0.15) is 0 Å². The average Bonchev–Trinajstić information content (AvgIpc) is 3.70. The van der Waals surface area contributed by atoms with Gasteiger partial charge in [-0.3, -0.25) is 9.98 Å². The van der Waals surface area contributed by atoms with Gasteiger partial charge in [0.05, 0.1) is 17.1 Å². The molecule has 0 amide bonds. The number of fused-ring (bicyclic) bond motifs is 4. The normalized spacial score (nSPS) is 19.6. The Balaban J connectivity index is 0.967. The Bertz CT molecular complexity index is 2820. The van der Waals surface area contributed by atoms with Crippen LogP contribution < -0.4 is 4.90 Å². The molecule has 3 aliphatic carbocycles. The molecule has 6 aromatic rings. The summed E-state index contributed by atoms with van der Waals surface area (Å²) in [5, 5.41) is 2.60. The van der Waals surface area contributed by atoms with Crippen LogP contribution in [-0.4, -0.2) is 21.8 Å². The van der Waals surface area contributed by atoms with Gasteiger partial charge in [-0.25, -0.2) is 0 Å². The van der Waals surface area contributed by atoms with Crippen LogP contribution >= 0.6 is 0 Å². The maximum Gasteiger partial charge on any atom is 0.0585 e. The molecule has 2 aromatic heterocycles. The smallest absolute Gasteiger partial charge is 0.0585 e. The second kappa shape index (κ2) is 16.6. The second-order valence-electron chi connectivity index (χ2n) is 16.6. The SMILES string of the molecule is C/C=N\C=C/C1=CC2CCC=CC2N1c1ccc(-c2cncc(-c3ccc(-n4c5ccc(C6=CCCCC=C6)cc5c5cc(C(C)C6=CCCC=C6)ccc54)cc3)c2)cc1. The van der Waals surface area contributed by atoms with Crippen molar-refractivity contribution in [2.24, 2.45) is 10.9 Å². The van der Waals surface area contributed by atoms with Gasteiger partial charge in [0.25, 0.3) is 0 Å². The zero-order chi connectivity index (χ0) is 40.4. The van der Waals surface area contributed by atoms with Gasteiger partial charge in [0.15, 0.2) is 0 Å². The van der Waals surface area contributed by atoms with Gasteiger partial charge in [0.2, 0.25) is 0 Å². The molecule has 3 unspecified atom stereocenters. The minimum absolute atomic E-state index is 0.340. The number of aliphatic imine (C=N–C) groups is 1. The summed E-state index contributed by atoms with van der Waals surface area (Å²) in [7, 11) is 0. The molecule has 60 heavy (non-hydrogen) atoms. The summed E-state index contributed by atoms with van der Waals surface area (Å²) in [5.41, 5.74) is 15.9. The number of aromatic nitrogens is 2. The van der Waals surface area contributed by atoms with Gasteiger partial charge in [0.1, 0.15) is 0 Å². The van der Waals surface area contributed by atoms with E-state index in [0.29, 0.717) is 17.9 Å². The van der Waals surface area contributed by atoms with E-state index in [4.69, 9.17) is 4.98 Å². The van der Waals surface area contributed by atoms with Crippen LogP contribution in [0.5, 0.6) is 0 Å². The Labute approximate surface area is 354 Å². The average molecular weight is 781 g/mol. The Morgan fingerprint density at radius 1 is 0.683 bits per heavy atom. The Morgan fingerprint density at radius 3 is 2.18 bits per heavy atom. The van der Waals surface area contributed by atoms with Crippen molar-refractivity contribution >= 4 is 39.3 Å². The lowest BCUT2D eigenvalue weighted by Gasteiger charge is -2.31. The second-order valence-corrected chi connectivity index (χ2v) is 16.6. The summed E-state index contributed by atoms with van der Waals surface area (Å²) in [6.07, 6.45) is 39.1. The summed E-state index contributed by atoms with van der Waals surface area (Å²) in [6.45, 7) is 4.30. The highest BCUT2D eigenvalue weighted by atomic mass is 15.2. The summed E-state index contributed by atoms with van der Waals surface area (Å²) >= 11 is 0. The molecule has 0 bridgehead atoms. The van der Waals surface area contributed by atoms with Gasteiger partial charge in [-0.15, -0.1) is 0 Å². The zero-order valence-electron chi connectivity index (χ0n) is 34.7. The topological polar surface area (TPSA) is 33.4 Å². The van der Waals surface area contributed by atoms with Gasteiger partial charge < -0.3 is 9.47 Å². The van der Waals surface area contributed by atoms with Gasteiger partial charge in [-0.1, -0.05) is 98.0 Å². The molecule has 0 fully saturated rings. The molecular formula is C56H52N4. The number of rotatable bonds is 9. The molecule has 3 heterocycles. The Kier molecular flexibility index (Phi) is 10.5. The lowest BCUT2D eigenvalue weighted by molar-refractivity contribution is 0.532. The Hall–Kier alpha value is -6.52. The molecule has 0 saturated carbocycles. The van der Waals surface area contributed by atoms with Crippen LogP contribution in [0.3, 0.4) is 0 Å². The maximum absolute atomic E-state index is 4.73. The van der Waals surface area contributed by atoms with Crippen molar-refractivity contribution in [3.05, 3.63) is 193 Å². The fourth-order valence-electron chi connectivity index (χ4n) is 9.71. The molecule has 0 saturated heterocycles. The minimum atomic E-state index is 0.340. The van der Waals surface area contributed by atoms with Crippen LogP contribution in [0.4, 0.5) is 5.69 Å². The maximum atomic E-state index is 4.73. The highest BCUT2D eigenvalue weighted by Gasteiger charge is 2.33. The summed E-state index contributed by atoms with van der Waals surface area (Å²) in [4.78, 5) is 11.5. The largest absolute Gasteiger partial charge is 0.334 e. The third-order valence-electron chi connectivity index (χ3n) is 12.9. The number of benzene rings is 4. The summed E-state index contributed by atoms with van der Waals surface area (Å²) in [6, 6.07) is 34.8. The third kappa shape index (κ3) is 7.25. The molecule has 4 nitrogen and oxygen atoms in total. The molecule has 0 spiro atoms. The molecule has 4 aliphatic rings. The zero-order valence-corrected chi connectivity index (χ0v) is 34.7. The van der Waals surface area contributed by atoms with Gasteiger partial charge >= 0.3 is 0 Å². The van der Waals surface area contributed by atoms with Crippen LogP contribution in [-0.2, 0) is 0 Å². The van der Waals surface area contributed by atoms with Crippen LogP contribution in [0.1, 0.15) is 75.8 Å². The summed E-state index contributed by atoms with van der Waals surface area (Å²) in [5.74, 6) is 0.858. The lowest BCUT2D eigenvalue weighted by Crippen LogP contribution is -2.33. The highest BCUT2D eigenvalue weighted by molar-refractivity contribution is 6.10. The molecule has 0 radical (unpaired) electrons. The van der Waals surface area contributed by atoms with Gasteiger partial charge in [-0.05, 0) is 146 Å². The minimum Gasteiger partial charge on any atom is -0.334 e. The van der Waals surface area contributed by atoms with Crippen molar-refractivity contribution < 1.29 is 0 Å². The number of anilines is 1. The number of hydrogen-bond acceptors (Lipinski definition) is 3. The highest BCUT2D eigenvalue weighted by Crippen LogP contribution is 2.41. The van der Waals surface area contributed by atoms with E-state index < -0.39 is 0 Å². The molecular weight excluding hydrogens is 729 g/mol. The molecule has 4 aromatic carbocycles.